The molecular weight excluding hydrogens is 627 g/mol. The topological polar surface area (TPSA) is 105 Å². The predicted octanol–water partition coefficient (Wildman–Crippen LogP) is 6.86. The number of aryl methyl sites for hydroxylation is 1. The summed E-state index contributed by atoms with van der Waals surface area (Å²) >= 11 is 0. The second-order valence-electron chi connectivity index (χ2n) is 12.1. The average Bonchev–Trinajstić information content (AvgIpc) is 3.10. The quantitative estimate of drug-likeness (QED) is 0.167. The van der Waals surface area contributed by atoms with Crippen molar-refractivity contribution in [2.45, 2.75) is 69.5 Å². The van der Waals surface area contributed by atoms with Crippen molar-refractivity contribution in [1.29, 1.82) is 0 Å². The molecule has 1 fully saturated rings. The number of benzene rings is 4. The van der Waals surface area contributed by atoms with E-state index in [2.05, 4.69) is 5.32 Å². The molecule has 0 unspecified atom stereocenters. The van der Waals surface area contributed by atoms with Crippen molar-refractivity contribution in [3.8, 4) is 17.2 Å². The first-order valence-electron chi connectivity index (χ1n) is 16.3. The number of sulfonamides is 1. The summed E-state index contributed by atoms with van der Waals surface area (Å²) in [5.74, 6) is 0.966. The summed E-state index contributed by atoms with van der Waals surface area (Å²) < 4.78 is 40.8. The maximum atomic E-state index is 14.3. The van der Waals surface area contributed by atoms with Gasteiger partial charge in [-0.2, -0.15) is 0 Å². The van der Waals surface area contributed by atoms with Gasteiger partial charge in [-0.3, -0.25) is 13.9 Å². The van der Waals surface area contributed by atoms with Crippen molar-refractivity contribution in [1.82, 2.24) is 10.2 Å². The molecule has 0 spiro atoms. The van der Waals surface area contributed by atoms with Gasteiger partial charge in [-0.15, -0.1) is 0 Å². The lowest BCUT2D eigenvalue weighted by Gasteiger charge is -2.33. The number of anilines is 1. The number of carbonyl (C=O) groups is 2. The number of carbonyl (C=O) groups excluding carboxylic acids is 2. The molecule has 0 saturated heterocycles. The molecule has 1 aliphatic rings. The van der Waals surface area contributed by atoms with Crippen LogP contribution in [0.15, 0.2) is 108 Å². The first kappa shape index (κ1) is 34.5. The van der Waals surface area contributed by atoms with Gasteiger partial charge in [0.15, 0.2) is 0 Å². The van der Waals surface area contributed by atoms with Crippen molar-refractivity contribution in [2.24, 2.45) is 0 Å². The third-order valence-electron chi connectivity index (χ3n) is 8.60. The Labute approximate surface area is 283 Å². The van der Waals surface area contributed by atoms with Crippen LogP contribution in [-0.4, -0.2) is 50.9 Å². The molecule has 1 N–H and O–H groups in total. The Balaban J connectivity index is 1.47. The summed E-state index contributed by atoms with van der Waals surface area (Å²) in [4.78, 5) is 29.4. The van der Waals surface area contributed by atoms with Gasteiger partial charge in [0.2, 0.25) is 11.8 Å². The first-order valence-corrected chi connectivity index (χ1v) is 17.7. The third kappa shape index (κ3) is 8.74. The highest BCUT2D eigenvalue weighted by atomic mass is 32.2. The van der Waals surface area contributed by atoms with Crippen LogP contribution in [0.3, 0.4) is 0 Å². The highest BCUT2D eigenvalue weighted by Gasteiger charge is 2.33. The number of rotatable bonds is 13. The number of methoxy groups -OCH3 is 1. The van der Waals surface area contributed by atoms with Gasteiger partial charge in [-0.1, -0.05) is 67.3 Å². The Morgan fingerprint density at radius 2 is 1.48 bits per heavy atom. The molecule has 0 heterocycles. The van der Waals surface area contributed by atoms with Gasteiger partial charge >= 0.3 is 0 Å². The number of hydrogen-bond donors (Lipinski definition) is 1. The molecule has 0 aliphatic heterocycles. The number of nitrogens with one attached hydrogen (secondary N) is 1. The lowest BCUT2D eigenvalue weighted by Crippen LogP contribution is -2.53. The molecule has 5 rings (SSSR count). The van der Waals surface area contributed by atoms with E-state index < -0.39 is 28.5 Å². The van der Waals surface area contributed by atoms with Gasteiger partial charge in [0.1, 0.15) is 29.8 Å². The minimum absolute atomic E-state index is 0.0490. The Kier molecular flexibility index (Phi) is 11.4. The maximum absolute atomic E-state index is 14.3. The summed E-state index contributed by atoms with van der Waals surface area (Å²) in [5.41, 5.74) is 1.93. The molecule has 9 nitrogen and oxygen atoms in total. The highest BCUT2D eigenvalue weighted by Crippen LogP contribution is 2.29. The predicted molar refractivity (Wildman–Crippen MR) is 187 cm³/mol. The molecule has 0 bridgehead atoms. The van der Waals surface area contributed by atoms with Gasteiger partial charge in [0, 0.05) is 12.6 Å². The zero-order chi connectivity index (χ0) is 34.1. The molecule has 4 aromatic rings. The number of ether oxygens (including phenoxy) is 2. The summed E-state index contributed by atoms with van der Waals surface area (Å²) in [6.45, 7) is 3.11. The minimum Gasteiger partial charge on any atom is -0.497 e. The van der Waals surface area contributed by atoms with E-state index in [1.165, 1.54) is 17.0 Å². The van der Waals surface area contributed by atoms with E-state index in [9.17, 15) is 18.0 Å². The molecular formula is C38H43N3O6S. The molecule has 48 heavy (non-hydrogen) atoms. The molecule has 10 heteroatoms. The SMILES string of the molecule is COc1cccc(CN(C(=O)CN(c2ccc(Oc3ccccc3)cc2)S(=O)(=O)c2ccc(C)cc2)[C@H](C)C(=O)NC2CCCCC2)c1. The Bertz CT molecular complexity index is 1770. The van der Waals surface area contributed by atoms with Crippen LogP contribution in [0.1, 0.15) is 50.2 Å². The van der Waals surface area contributed by atoms with Crippen LogP contribution in [0.5, 0.6) is 17.2 Å². The Hall–Kier alpha value is -4.83. The summed E-state index contributed by atoms with van der Waals surface area (Å²) in [7, 11) is -2.64. The fourth-order valence-corrected chi connectivity index (χ4v) is 7.20. The second-order valence-corrected chi connectivity index (χ2v) is 14.0. The van der Waals surface area contributed by atoms with Gasteiger partial charge in [0.25, 0.3) is 10.0 Å². The Morgan fingerprint density at radius 3 is 2.15 bits per heavy atom. The van der Waals surface area contributed by atoms with Crippen LogP contribution in [0.4, 0.5) is 5.69 Å². The van der Waals surface area contributed by atoms with E-state index in [4.69, 9.17) is 9.47 Å². The molecule has 252 valence electrons. The van der Waals surface area contributed by atoms with Crippen molar-refractivity contribution in [3.05, 3.63) is 114 Å². The van der Waals surface area contributed by atoms with Gasteiger partial charge in [0.05, 0.1) is 17.7 Å². The highest BCUT2D eigenvalue weighted by molar-refractivity contribution is 7.92. The summed E-state index contributed by atoms with van der Waals surface area (Å²) in [6, 6.07) is 28.8. The van der Waals surface area contributed by atoms with E-state index in [1.807, 2.05) is 49.4 Å². The largest absolute Gasteiger partial charge is 0.497 e. The molecule has 1 atom stereocenters. The fraction of sp³-hybridized carbons (Fsp3) is 0.316. The molecule has 0 radical (unpaired) electrons. The zero-order valence-electron chi connectivity index (χ0n) is 27.7. The van der Waals surface area contributed by atoms with E-state index >= 15 is 0 Å². The van der Waals surface area contributed by atoms with Crippen molar-refractivity contribution < 1.29 is 27.5 Å². The zero-order valence-corrected chi connectivity index (χ0v) is 28.5. The number of nitrogens with zero attached hydrogens (tertiary/aromatic N) is 2. The average molecular weight is 670 g/mol. The van der Waals surface area contributed by atoms with Crippen molar-refractivity contribution >= 4 is 27.5 Å². The fourth-order valence-electron chi connectivity index (χ4n) is 5.79. The molecule has 2 amide bonds. The molecule has 1 aliphatic carbocycles. The van der Waals surface area contributed by atoms with E-state index in [1.54, 1.807) is 62.6 Å². The lowest BCUT2D eigenvalue weighted by atomic mass is 9.95. The molecule has 4 aromatic carbocycles. The van der Waals surface area contributed by atoms with E-state index in [0.29, 0.717) is 17.2 Å². The van der Waals surface area contributed by atoms with Crippen LogP contribution in [0.25, 0.3) is 0 Å². The van der Waals surface area contributed by atoms with Gasteiger partial charge in [-0.05, 0) is 92.9 Å². The normalized spacial score (nSPS) is 14.1. The number of para-hydroxylation sites is 1. The van der Waals surface area contributed by atoms with Crippen molar-refractivity contribution in [2.75, 3.05) is 18.0 Å². The molecule has 0 aromatic heterocycles. The van der Waals surface area contributed by atoms with Crippen molar-refractivity contribution in [3.63, 3.8) is 0 Å². The summed E-state index contributed by atoms with van der Waals surface area (Å²) in [5, 5.41) is 3.13. The van der Waals surface area contributed by atoms with Gasteiger partial charge < -0.3 is 19.7 Å². The van der Waals surface area contributed by atoms with Crippen LogP contribution in [0, 0.1) is 6.92 Å². The number of amides is 2. The summed E-state index contributed by atoms with van der Waals surface area (Å²) in [6.07, 6.45) is 5.04. The standard InChI is InChI=1S/C38H43N3O6S/c1-28-17-23-36(24-18-28)48(44,45)41(32-19-21-34(22-20-32)47-33-14-8-5-9-15-33)27-37(42)40(26-30-11-10-16-35(25-30)46-3)29(2)38(43)39-31-12-6-4-7-13-31/h5,8-11,14-25,29,31H,4,6-7,12-13,26-27H2,1-3H3,(H,39,43)/t29-/m1/s1. The second kappa shape index (κ2) is 15.8. The first-order chi connectivity index (χ1) is 23.1. The Morgan fingerprint density at radius 1 is 0.833 bits per heavy atom. The third-order valence-corrected chi connectivity index (χ3v) is 10.4. The van der Waals surface area contributed by atoms with E-state index in [-0.39, 0.29) is 29.1 Å². The molecule has 1 saturated carbocycles. The van der Waals surface area contributed by atoms with Crippen LogP contribution in [-0.2, 0) is 26.2 Å². The van der Waals surface area contributed by atoms with Gasteiger partial charge in [-0.25, -0.2) is 8.42 Å². The maximum Gasteiger partial charge on any atom is 0.264 e. The number of hydrogen-bond acceptors (Lipinski definition) is 6. The van der Waals surface area contributed by atoms with E-state index in [0.717, 1.165) is 47.5 Å². The minimum atomic E-state index is -4.20. The van der Waals surface area contributed by atoms with Crippen LogP contribution in [0.2, 0.25) is 0 Å². The smallest absolute Gasteiger partial charge is 0.264 e. The van der Waals surface area contributed by atoms with Crippen LogP contribution < -0.4 is 19.1 Å². The monoisotopic (exact) mass is 669 g/mol. The van der Waals surface area contributed by atoms with Crippen LogP contribution >= 0.6 is 0 Å². The lowest BCUT2D eigenvalue weighted by molar-refractivity contribution is -0.139.